The highest BCUT2D eigenvalue weighted by atomic mass is 16.5. The monoisotopic (exact) mass is 363 g/mol. The third kappa shape index (κ3) is 5.08. The van der Waals surface area contributed by atoms with Gasteiger partial charge in [-0.25, -0.2) is 0 Å². The number of methoxy groups -OCH3 is 1. The average molecular weight is 363 g/mol. The molecule has 0 saturated carbocycles. The molecule has 1 saturated heterocycles. The fourth-order valence-corrected chi connectivity index (χ4v) is 3.41. The number of amides is 1. The molecule has 1 heterocycles. The lowest BCUT2D eigenvalue weighted by atomic mass is 10.1. The number of benzene rings is 2. The Kier molecular flexibility index (Phi) is 6.45. The van der Waals surface area contributed by atoms with Crippen molar-refractivity contribution in [2.24, 2.45) is 0 Å². The number of carbonyl (C=O) groups excluding carboxylic acids is 1. The summed E-state index contributed by atoms with van der Waals surface area (Å²) in [6, 6.07) is 17.7. The molecule has 0 aliphatic carbocycles. The molecule has 1 amide bonds. The van der Waals surface area contributed by atoms with Crippen LogP contribution in [0.2, 0.25) is 0 Å². The summed E-state index contributed by atoms with van der Waals surface area (Å²) in [5.74, 6) is 1.05. The number of hydrogen-bond donors (Lipinski definition) is 0. The second-order valence-electron chi connectivity index (χ2n) is 6.78. The maximum absolute atomic E-state index is 12.5. The van der Waals surface area contributed by atoms with E-state index in [0.29, 0.717) is 18.4 Å². The van der Waals surface area contributed by atoms with Crippen LogP contribution in [0.25, 0.3) is 0 Å². The molecule has 1 fully saturated rings. The third-order valence-corrected chi connectivity index (χ3v) is 5.01. The van der Waals surface area contributed by atoms with E-state index < -0.39 is 0 Å². The SMILES string of the molecule is COc1ccccc1CCC(=O)N1CCN(Cc2ccc(C#N)cc2)CC1. The molecule has 0 atom stereocenters. The van der Waals surface area contributed by atoms with Crippen LogP contribution in [0.3, 0.4) is 0 Å². The van der Waals surface area contributed by atoms with E-state index in [1.807, 2.05) is 53.4 Å². The Morgan fingerprint density at radius 1 is 1.07 bits per heavy atom. The van der Waals surface area contributed by atoms with E-state index in [1.54, 1.807) is 7.11 Å². The highest BCUT2D eigenvalue weighted by molar-refractivity contribution is 5.76. The smallest absolute Gasteiger partial charge is 0.222 e. The van der Waals surface area contributed by atoms with Crippen LogP contribution in [-0.2, 0) is 17.8 Å². The predicted octanol–water partition coefficient (Wildman–Crippen LogP) is 2.84. The van der Waals surface area contributed by atoms with Gasteiger partial charge in [-0.2, -0.15) is 5.26 Å². The van der Waals surface area contributed by atoms with Crippen LogP contribution in [0.15, 0.2) is 48.5 Å². The average Bonchev–Trinajstić information content (AvgIpc) is 2.73. The first-order valence-electron chi connectivity index (χ1n) is 9.30. The number of nitriles is 1. The van der Waals surface area contributed by atoms with Gasteiger partial charge in [0.1, 0.15) is 5.75 Å². The van der Waals surface area contributed by atoms with Gasteiger partial charge >= 0.3 is 0 Å². The van der Waals surface area contributed by atoms with Crippen molar-refractivity contribution >= 4 is 5.91 Å². The number of piperazine rings is 1. The van der Waals surface area contributed by atoms with Gasteiger partial charge < -0.3 is 9.64 Å². The Balaban J connectivity index is 1.45. The first kappa shape index (κ1) is 18.9. The molecule has 5 heteroatoms. The third-order valence-electron chi connectivity index (χ3n) is 5.01. The van der Waals surface area contributed by atoms with Gasteiger partial charge in [0.05, 0.1) is 18.7 Å². The van der Waals surface area contributed by atoms with E-state index >= 15 is 0 Å². The van der Waals surface area contributed by atoms with E-state index in [1.165, 1.54) is 5.56 Å². The normalized spacial score (nSPS) is 14.6. The molecule has 0 bridgehead atoms. The van der Waals surface area contributed by atoms with Gasteiger partial charge in [-0.05, 0) is 35.7 Å². The first-order chi connectivity index (χ1) is 13.2. The molecule has 0 aromatic heterocycles. The van der Waals surface area contributed by atoms with E-state index in [-0.39, 0.29) is 5.91 Å². The van der Waals surface area contributed by atoms with Gasteiger partial charge in [-0.3, -0.25) is 9.69 Å². The van der Waals surface area contributed by atoms with Crippen LogP contribution in [0.1, 0.15) is 23.1 Å². The van der Waals surface area contributed by atoms with E-state index in [4.69, 9.17) is 10.00 Å². The predicted molar refractivity (Wildman–Crippen MR) is 104 cm³/mol. The highest BCUT2D eigenvalue weighted by Gasteiger charge is 2.21. The fourth-order valence-electron chi connectivity index (χ4n) is 3.41. The van der Waals surface area contributed by atoms with Crippen molar-refractivity contribution in [2.45, 2.75) is 19.4 Å². The first-order valence-corrected chi connectivity index (χ1v) is 9.30. The standard InChI is InChI=1S/C22H25N3O2/c1-27-21-5-3-2-4-20(21)10-11-22(26)25-14-12-24(13-15-25)17-19-8-6-18(16-23)7-9-19/h2-9H,10-15,17H2,1H3. The van der Waals surface area contributed by atoms with Crippen molar-refractivity contribution in [3.05, 3.63) is 65.2 Å². The number of para-hydroxylation sites is 1. The summed E-state index contributed by atoms with van der Waals surface area (Å²) in [7, 11) is 1.66. The number of hydrogen-bond acceptors (Lipinski definition) is 4. The van der Waals surface area contributed by atoms with Crippen LogP contribution in [-0.4, -0.2) is 49.0 Å². The summed E-state index contributed by atoms with van der Waals surface area (Å²) < 4.78 is 5.36. The van der Waals surface area contributed by atoms with E-state index in [9.17, 15) is 4.79 Å². The van der Waals surface area contributed by atoms with Crippen LogP contribution in [0, 0.1) is 11.3 Å². The Morgan fingerprint density at radius 2 is 1.78 bits per heavy atom. The summed E-state index contributed by atoms with van der Waals surface area (Å²) in [5, 5.41) is 8.87. The van der Waals surface area contributed by atoms with Crippen molar-refractivity contribution in [3.63, 3.8) is 0 Å². The number of nitrogens with zero attached hydrogens (tertiary/aromatic N) is 3. The van der Waals surface area contributed by atoms with E-state index in [2.05, 4.69) is 11.0 Å². The molecule has 0 N–H and O–H groups in total. The molecule has 0 unspecified atom stereocenters. The van der Waals surface area contributed by atoms with Gasteiger partial charge in [0.15, 0.2) is 0 Å². The molecule has 5 nitrogen and oxygen atoms in total. The molecular weight excluding hydrogens is 338 g/mol. The number of carbonyl (C=O) groups is 1. The molecular formula is C22H25N3O2. The number of rotatable bonds is 6. The number of aryl methyl sites for hydroxylation is 1. The zero-order chi connectivity index (χ0) is 19.1. The van der Waals surface area contributed by atoms with Crippen LogP contribution in [0.4, 0.5) is 0 Å². The number of ether oxygens (including phenoxy) is 1. The minimum Gasteiger partial charge on any atom is -0.496 e. The van der Waals surface area contributed by atoms with Crippen LogP contribution in [0.5, 0.6) is 5.75 Å². The van der Waals surface area contributed by atoms with Crippen molar-refractivity contribution in [1.82, 2.24) is 9.80 Å². The Morgan fingerprint density at radius 3 is 2.44 bits per heavy atom. The fraction of sp³-hybridized carbons (Fsp3) is 0.364. The lowest BCUT2D eigenvalue weighted by molar-refractivity contribution is -0.133. The topological polar surface area (TPSA) is 56.6 Å². The largest absolute Gasteiger partial charge is 0.496 e. The van der Waals surface area contributed by atoms with Crippen molar-refractivity contribution < 1.29 is 9.53 Å². The molecule has 1 aliphatic rings. The minimum absolute atomic E-state index is 0.207. The van der Waals surface area contributed by atoms with Gasteiger partial charge in [0, 0.05) is 39.1 Å². The summed E-state index contributed by atoms with van der Waals surface area (Å²) in [6.45, 7) is 4.14. The zero-order valence-electron chi connectivity index (χ0n) is 15.7. The Hall–Kier alpha value is -2.84. The molecule has 0 radical (unpaired) electrons. The Bertz CT molecular complexity index is 803. The van der Waals surface area contributed by atoms with Crippen molar-refractivity contribution in [1.29, 1.82) is 5.26 Å². The maximum atomic E-state index is 12.5. The lowest BCUT2D eigenvalue weighted by Gasteiger charge is -2.35. The molecule has 3 rings (SSSR count). The van der Waals surface area contributed by atoms with Gasteiger partial charge in [-0.15, -0.1) is 0 Å². The van der Waals surface area contributed by atoms with Crippen LogP contribution < -0.4 is 4.74 Å². The minimum atomic E-state index is 0.207. The molecule has 2 aromatic rings. The lowest BCUT2D eigenvalue weighted by Crippen LogP contribution is -2.48. The summed E-state index contributed by atoms with van der Waals surface area (Å²) in [4.78, 5) is 16.9. The summed E-state index contributed by atoms with van der Waals surface area (Å²) >= 11 is 0. The van der Waals surface area contributed by atoms with Crippen LogP contribution >= 0.6 is 0 Å². The van der Waals surface area contributed by atoms with E-state index in [0.717, 1.165) is 44.0 Å². The quantitative estimate of drug-likeness (QED) is 0.792. The van der Waals surface area contributed by atoms with Crippen molar-refractivity contribution in [2.75, 3.05) is 33.3 Å². The molecule has 0 spiro atoms. The molecule has 140 valence electrons. The summed E-state index contributed by atoms with van der Waals surface area (Å²) in [5.41, 5.74) is 2.96. The zero-order valence-corrected chi connectivity index (χ0v) is 15.7. The Labute approximate surface area is 160 Å². The van der Waals surface area contributed by atoms with Crippen molar-refractivity contribution in [3.8, 4) is 11.8 Å². The molecule has 1 aliphatic heterocycles. The molecule has 2 aromatic carbocycles. The second-order valence-corrected chi connectivity index (χ2v) is 6.78. The maximum Gasteiger partial charge on any atom is 0.222 e. The second kappa shape index (κ2) is 9.20. The molecule has 27 heavy (non-hydrogen) atoms. The highest BCUT2D eigenvalue weighted by Crippen LogP contribution is 2.19. The summed E-state index contributed by atoms with van der Waals surface area (Å²) in [6.07, 6.45) is 1.21. The van der Waals surface area contributed by atoms with Gasteiger partial charge in [0.25, 0.3) is 0 Å². The van der Waals surface area contributed by atoms with Gasteiger partial charge in [0.2, 0.25) is 5.91 Å². The van der Waals surface area contributed by atoms with Gasteiger partial charge in [-0.1, -0.05) is 30.3 Å².